The summed E-state index contributed by atoms with van der Waals surface area (Å²) in [6.07, 6.45) is 0.982. The first kappa shape index (κ1) is 12.7. The van der Waals surface area contributed by atoms with E-state index in [-0.39, 0.29) is 0 Å². The minimum atomic E-state index is -1.77. The number of nitrogens with one attached hydrogen (secondary N) is 1. The van der Waals surface area contributed by atoms with Crippen molar-refractivity contribution in [1.82, 2.24) is 5.32 Å². The zero-order valence-corrected chi connectivity index (χ0v) is 11.4. The van der Waals surface area contributed by atoms with Gasteiger partial charge in [0.1, 0.15) is 10.8 Å². The van der Waals surface area contributed by atoms with E-state index in [9.17, 15) is 4.21 Å². The van der Waals surface area contributed by atoms with Crippen molar-refractivity contribution < 1.29 is 4.21 Å². The lowest BCUT2D eigenvalue weighted by molar-refractivity contribution is 0.641. The lowest BCUT2D eigenvalue weighted by Gasteiger charge is -2.18. The smallest absolute Gasteiger partial charge is 0.270 e. The molecule has 6 heteroatoms. The molecule has 1 aromatic carbocycles. The molecular weight excluding hydrogens is 289 g/mol. The molecular formula is C10H10Cl3NOS. The molecule has 1 heterocycles. The van der Waals surface area contributed by atoms with Crippen molar-refractivity contribution in [1.29, 1.82) is 0 Å². The lowest BCUT2D eigenvalue weighted by Crippen LogP contribution is -2.24. The molecule has 0 aliphatic carbocycles. The number of halogens is 3. The molecule has 0 radical (unpaired) electrons. The Morgan fingerprint density at radius 3 is 2.69 bits per heavy atom. The van der Waals surface area contributed by atoms with Crippen LogP contribution in [0.2, 0.25) is 0 Å². The quantitative estimate of drug-likeness (QED) is 0.808. The summed E-state index contributed by atoms with van der Waals surface area (Å²) in [5.41, 5.74) is 2.40. The first-order chi connectivity index (χ1) is 7.48. The molecule has 16 heavy (non-hydrogen) atoms. The van der Waals surface area contributed by atoms with E-state index in [1.165, 1.54) is 5.56 Å². The van der Waals surface area contributed by atoms with Gasteiger partial charge in [-0.05, 0) is 36.2 Å². The van der Waals surface area contributed by atoms with E-state index in [2.05, 4.69) is 5.32 Å². The third-order valence-corrected chi connectivity index (χ3v) is 4.85. The van der Waals surface area contributed by atoms with Crippen molar-refractivity contribution in [2.45, 2.75) is 21.0 Å². The van der Waals surface area contributed by atoms with Crippen molar-refractivity contribution in [3.63, 3.8) is 0 Å². The first-order valence-corrected chi connectivity index (χ1v) is 7.08. The maximum absolute atomic E-state index is 11.8. The molecule has 0 spiro atoms. The van der Waals surface area contributed by atoms with Gasteiger partial charge in [0.2, 0.25) is 0 Å². The number of fused-ring (bicyclic) bond motifs is 1. The predicted octanol–water partition coefficient (Wildman–Crippen LogP) is 2.77. The summed E-state index contributed by atoms with van der Waals surface area (Å²) in [4.78, 5) is 0.558. The van der Waals surface area contributed by atoms with Crippen LogP contribution in [0.3, 0.4) is 0 Å². The summed E-state index contributed by atoms with van der Waals surface area (Å²) in [5.74, 6) is 0. The summed E-state index contributed by atoms with van der Waals surface area (Å²) in [6.45, 7) is 1.75. The Morgan fingerprint density at radius 2 is 2.00 bits per heavy atom. The van der Waals surface area contributed by atoms with Crippen LogP contribution < -0.4 is 5.32 Å². The van der Waals surface area contributed by atoms with Gasteiger partial charge in [-0.1, -0.05) is 40.9 Å². The minimum Gasteiger partial charge on any atom is -0.312 e. The van der Waals surface area contributed by atoms with Crippen LogP contribution in [0.1, 0.15) is 11.1 Å². The molecule has 1 atom stereocenters. The molecule has 1 aliphatic rings. The van der Waals surface area contributed by atoms with Crippen LogP contribution in [0.5, 0.6) is 0 Å². The largest absolute Gasteiger partial charge is 0.312 e. The Morgan fingerprint density at radius 1 is 1.25 bits per heavy atom. The van der Waals surface area contributed by atoms with E-state index < -0.39 is 13.9 Å². The summed E-state index contributed by atoms with van der Waals surface area (Å²) in [5, 5.41) is 3.25. The highest BCUT2D eigenvalue weighted by Gasteiger charge is 2.30. The van der Waals surface area contributed by atoms with Crippen LogP contribution in [-0.4, -0.2) is 13.9 Å². The first-order valence-electron chi connectivity index (χ1n) is 4.79. The highest BCUT2D eigenvalue weighted by Crippen LogP contribution is 2.35. The van der Waals surface area contributed by atoms with Gasteiger partial charge in [-0.15, -0.1) is 0 Å². The second-order valence-electron chi connectivity index (χ2n) is 3.57. The second-order valence-corrected chi connectivity index (χ2v) is 8.15. The monoisotopic (exact) mass is 297 g/mol. The Balaban J connectivity index is 2.34. The number of alkyl halides is 3. The molecule has 88 valence electrons. The van der Waals surface area contributed by atoms with E-state index in [0.29, 0.717) is 4.90 Å². The molecule has 1 aromatic rings. The fraction of sp³-hybridized carbons (Fsp3) is 0.400. The molecule has 0 amide bonds. The van der Waals surface area contributed by atoms with Gasteiger partial charge >= 0.3 is 0 Å². The van der Waals surface area contributed by atoms with Crippen LogP contribution in [0.4, 0.5) is 0 Å². The van der Waals surface area contributed by atoms with Gasteiger partial charge < -0.3 is 5.32 Å². The SMILES string of the molecule is O=S(c1ccc2c(c1)CNCC2)C(Cl)(Cl)Cl. The molecule has 1 aliphatic heterocycles. The van der Waals surface area contributed by atoms with E-state index in [1.54, 1.807) is 6.07 Å². The molecule has 1 N–H and O–H groups in total. The number of rotatable bonds is 1. The Hall–Kier alpha value is 0.200. The van der Waals surface area contributed by atoms with Gasteiger partial charge in [0, 0.05) is 11.4 Å². The zero-order valence-electron chi connectivity index (χ0n) is 8.30. The molecule has 0 bridgehead atoms. The van der Waals surface area contributed by atoms with Gasteiger partial charge in [-0.25, -0.2) is 4.21 Å². The normalized spacial score (nSPS) is 17.9. The van der Waals surface area contributed by atoms with Crippen LogP contribution in [0.15, 0.2) is 23.1 Å². The predicted molar refractivity (Wildman–Crippen MR) is 68.6 cm³/mol. The average molecular weight is 299 g/mol. The van der Waals surface area contributed by atoms with Gasteiger partial charge in [-0.3, -0.25) is 0 Å². The fourth-order valence-corrected chi connectivity index (χ4v) is 3.22. The maximum atomic E-state index is 11.8. The molecule has 2 nitrogen and oxygen atoms in total. The molecule has 0 saturated heterocycles. The maximum Gasteiger partial charge on any atom is 0.270 e. The van der Waals surface area contributed by atoms with E-state index in [0.717, 1.165) is 25.1 Å². The summed E-state index contributed by atoms with van der Waals surface area (Å²) in [7, 11) is -1.63. The van der Waals surface area contributed by atoms with Crippen molar-refractivity contribution in [3.8, 4) is 0 Å². The van der Waals surface area contributed by atoms with Crippen molar-refractivity contribution >= 4 is 45.6 Å². The lowest BCUT2D eigenvalue weighted by atomic mass is 10.0. The third-order valence-electron chi connectivity index (χ3n) is 2.49. The van der Waals surface area contributed by atoms with Crippen molar-refractivity contribution in [2.24, 2.45) is 0 Å². The van der Waals surface area contributed by atoms with Crippen LogP contribution in [0, 0.1) is 0 Å². The average Bonchev–Trinajstić information content (AvgIpc) is 2.26. The molecule has 0 fully saturated rings. The second kappa shape index (κ2) is 4.83. The third kappa shape index (κ3) is 2.71. The number of hydrogen-bond acceptors (Lipinski definition) is 2. The molecule has 0 aromatic heterocycles. The Labute approximate surface area is 112 Å². The van der Waals surface area contributed by atoms with E-state index >= 15 is 0 Å². The topological polar surface area (TPSA) is 29.1 Å². The fourth-order valence-electron chi connectivity index (χ4n) is 1.71. The van der Waals surface area contributed by atoms with Crippen LogP contribution in [-0.2, 0) is 23.8 Å². The zero-order chi connectivity index (χ0) is 11.8. The molecule has 2 rings (SSSR count). The highest BCUT2D eigenvalue weighted by atomic mass is 35.6. The summed E-state index contributed by atoms with van der Waals surface area (Å²) < 4.78 is 10.1. The Bertz CT molecular complexity index is 431. The van der Waals surface area contributed by atoms with Gasteiger partial charge in [-0.2, -0.15) is 0 Å². The Kier molecular flexibility index (Phi) is 3.82. The van der Waals surface area contributed by atoms with E-state index in [1.807, 2.05) is 12.1 Å². The van der Waals surface area contributed by atoms with Gasteiger partial charge in [0.25, 0.3) is 3.12 Å². The van der Waals surface area contributed by atoms with Gasteiger partial charge in [0.05, 0.1) is 0 Å². The van der Waals surface area contributed by atoms with Gasteiger partial charge in [0.15, 0.2) is 0 Å². The molecule has 0 saturated carbocycles. The van der Waals surface area contributed by atoms with Crippen molar-refractivity contribution in [3.05, 3.63) is 29.3 Å². The summed E-state index contributed by atoms with van der Waals surface area (Å²) in [6, 6.07) is 5.57. The van der Waals surface area contributed by atoms with E-state index in [4.69, 9.17) is 34.8 Å². The molecule has 1 unspecified atom stereocenters. The highest BCUT2D eigenvalue weighted by molar-refractivity contribution is 7.91. The minimum absolute atomic E-state index is 0.558. The van der Waals surface area contributed by atoms with Crippen LogP contribution in [0.25, 0.3) is 0 Å². The number of benzene rings is 1. The number of hydrogen-bond donors (Lipinski definition) is 1. The van der Waals surface area contributed by atoms with Crippen molar-refractivity contribution in [2.75, 3.05) is 6.54 Å². The van der Waals surface area contributed by atoms with Crippen LogP contribution >= 0.6 is 34.8 Å². The standard InChI is InChI=1S/C10H10Cl3NOS/c11-10(12,13)16(15)9-2-1-7-3-4-14-6-8(7)5-9/h1-2,5,14H,3-4,6H2. The summed E-state index contributed by atoms with van der Waals surface area (Å²) >= 11 is 16.8.